The molecule has 96 valence electrons. The van der Waals surface area contributed by atoms with Crippen LogP contribution in [-0.4, -0.2) is 4.98 Å². The largest absolute Gasteiger partial charge is 0.235 e. The van der Waals surface area contributed by atoms with Crippen molar-refractivity contribution < 1.29 is 0 Å². The van der Waals surface area contributed by atoms with Crippen LogP contribution in [0.1, 0.15) is 11.8 Å². The van der Waals surface area contributed by atoms with Gasteiger partial charge < -0.3 is 0 Å². The second-order valence-electron chi connectivity index (χ2n) is 4.14. The number of thiophene rings is 1. The molecule has 0 unspecified atom stereocenters. The molecule has 0 saturated heterocycles. The van der Waals surface area contributed by atoms with Crippen molar-refractivity contribution in [3.05, 3.63) is 51.1 Å². The third-order valence-electron chi connectivity index (χ3n) is 2.87. The molecule has 3 aromatic rings. The van der Waals surface area contributed by atoms with Crippen LogP contribution < -0.4 is 0 Å². The molecule has 0 bridgehead atoms. The maximum atomic E-state index is 4.76. The van der Waals surface area contributed by atoms with Gasteiger partial charge in [0.25, 0.3) is 0 Å². The molecule has 0 spiro atoms. The second kappa shape index (κ2) is 5.57. The van der Waals surface area contributed by atoms with Crippen LogP contribution in [0.3, 0.4) is 0 Å². The third-order valence-corrected chi connectivity index (χ3v) is 5.69. The normalized spacial score (nSPS) is 10.8. The summed E-state index contributed by atoms with van der Waals surface area (Å²) in [6, 6.07) is 12.6. The van der Waals surface area contributed by atoms with E-state index in [9.17, 15) is 0 Å². The van der Waals surface area contributed by atoms with E-state index in [1.165, 1.54) is 9.75 Å². The van der Waals surface area contributed by atoms with Crippen LogP contribution >= 0.6 is 38.6 Å². The van der Waals surface area contributed by atoms with E-state index < -0.39 is 0 Å². The molecule has 3 rings (SSSR count). The topological polar surface area (TPSA) is 12.9 Å². The van der Waals surface area contributed by atoms with Crippen LogP contribution in [0.5, 0.6) is 0 Å². The first-order chi connectivity index (χ1) is 9.28. The molecule has 0 N–H and O–H groups in total. The van der Waals surface area contributed by atoms with Gasteiger partial charge in [0.15, 0.2) is 0 Å². The number of halogens is 1. The smallest absolute Gasteiger partial charge is 0.125 e. The van der Waals surface area contributed by atoms with E-state index in [2.05, 4.69) is 52.5 Å². The molecule has 0 amide bonds. The van der Waals surface area contributed by atoms with E-state index in [1.54, 1.807) is 11.3 Å². The molecule has 0 fully saturated rings. The standard InChI is InChI=1S/C15H12BrNS2/c1-2-10-7-8-14(19-10)13-9-18-15(17-13)11-5-3-4-6-12(11)16/h3-9H,2H2,1H3. The van der Waals surface area contributed by atoms with Gasteiger partial charge in [0.05, 0.1) is 10.6 Å². The second-order valence-corrected chi connectivity index (χ2v) is 7.02. The van der Waals surface area contributed by atoms with Crippen LogP contribution in [0.15, 0.2) is 46.3 Å². The molecule has 4 heteroatoms. The first-order valence-corrected chi connectivity index (χ1v) is 8.56. The Balaban J connectivity index is 1.97. The average molecular weight is 350 g/mol. The molecule has 0 aliphatic carbocycles. The first kappa shape index (κ1) is 13.0. The zero-order valence-corrected chi connectivity index (χ0v) is 13.6. The van der Waals surface area contributed by atoms with Crippen molar-refractivity contribution in [3.8, 4) is 21.1 Å². The number of hydrogen-bond donors (Lipinski definition) is 0. The molecule has 0 saturated carbocycles. The highest BCUT2D eigenvalue weighted by Gasteiger charge is 2.10. The van der Waals surface area contributed by atoms with Gasteiger partial charge in [-0.1, -0.05) is 41.1 Å². The molecule has 0 aliphatic rings. The van der Waals surface area contributed by atoms with Gasteiger partial charge in [-0.05, 0) is 24.6 Å². The highest BCUT2D eigenvalue weighted by atomic mass is 79.9. The Morgan fingerprint density at radius 2 is 2.00 bits per heavy atom. The van der Waals surface area contributed by atoms with Gasteiger partial charge in [0.1, 0.15) is 5.01 Å². The van der Waals surface area contributed by atoms with Crippen molar-refractivity contribution in [2.24, 2.45) is 0 Å². The average Bonchev–Trinajstić information content (AvgIpc) is 3.08. The highest BCUT2D eigenvalue weighted by molar-refractivity contribution is 9.10. The van der Waals surface area contributed by atoms with Gasteiger partial charge in [-0.3, -0.25) is 0 Å². The summed E-state index contributed by atoms with van der Waals surface area (Å²) in [6.45, 7) is 2.18. The number of benzene rings is 1. The summed E-state index contributed by atoms with van der Waals surface area (Å²) in [5.74, 6) is 0. The Morgan fingerprint density at radius 3 is 2.74 bits per heavy atom. The number of hydrogen-bond acceptors (Lipinski definition) is 3. The predicted molar refractivity (Wildman–Crippen MR) is 87.9 cm³/mol. The van der Waals surface area contributed by atoms with Gasteiger partial charge in [0, 0.05) is 20.3 Å². The summed E-state index contributed by atoms with van der Waals surface area (Å²) in [5.41, 5.74) is 2.24. The minimum absolute atomic E-state index is 1.06. The SMILES string of the molecule is CCc1ccc(-c2csc(-c3ccccc3Br)n2)s1. The molecule has 1 nitrogen and oxygen atoms in total. The molecule has 0 radical (unpaired) electrons. The van der Waals surface area contributed by atoms with E-state index in [4.69, 9.17) is 4.98 Å². The Bertz CT molecular complexity index is 700. The lowest BCUT2D eigenvalue weighted by Crippen LogP contribution is -1.78. The fraction of sp³-hybridized carbons (Fsp3) is 0.133. The lowest BCUT2D eigenvalue weighted by molar-refractivity contribution is 1.19. The number of thiazole rings is 1. The fourth-order valence-corrected chi connectivity index (χ4v) is 4.30. The van der Waals surface area contributed by atoms with Gasteiger partial charge >= 0.3 is 0 Å². The molecule has 1 aromatic carbocycles. The van der Waals surface area contributed by atoms with Crippen molar-refractivity contribution in [2.75, 3.05) is 0 Å². The lowest BCUT2D eigenvalue weighted by Gasteiger charge is -1.98. The molecule has 0 aliphatic heterocycles. The van der Waals surface area contributed by atoms with Crippen molar-refractivity contribution >= 4 is 38.6 Å². The molecule has 19 heavy (non-hydrogen) atoms. The van der Waals surface area contributed by atoms with Gasteiger partial charge in [-0.25, -0.2) is 4.98 Å². The maximum absolute atomic E-state index is 4.76. The van der Waals surface area contributed by atoms with Crippen LogP contribution in [0.4, 0.5) is 0 Å². The minimum atomic E-state index is 1.06. The summed E-state index contributed by atoms with van der Waals surface area (Å²) in [6.07, 6.45) is 1.09. The summed E-state index contributed by atoms with van der Waals surface area (Å²) in [4.78, 5) is 7.42. The zero-order valence-electron chi connectivity index (χ0n) is 10.4. The molecule has 2 heterocycles. The maximum Gasteiger partial charge on any atom is 0.125 e. The Kier molecular flexibility index (Phi) is 3.82. The number of aromatic nitrogens is 1. The first-order valence-electron chi connectivity index (χ1n) is 6.07. The Labute approximate surface area is 129 Å². The minimum Gasteiger partial charge on any atom is -0.235 e. The van der Waals surface area contributed by atoms with Crippen LogP contribution in [0.2, 0.25) is 0 Å². The van der Waals surface area contributed by atoms with Crippen LogP contribution in [0, 0.1) is 0 Å². The Hall–Kier alpha value is -0.970. The van der Waals surface area contributed by atoms with E-state index >= 15 is 0 Å². The van der Waals surface area contributed by atoms with E-state index in [-0.39, 0.29) is 0 Å². The van der Waals surface area contributed by atoms with E-state index in [1.807, 2.05) is 23.5 Å². The molecule has 0 atom stereocenters. The summed E-state index contributed by atoms with van der Waals surface area (Å²) in [5, 5.41) is 3.20. The zero-order chi connectivity index (χ0) is 13.2. The molecule has 2 aromatic heterocycles. The number of aryl methyl sites for hydroxylation is 1. The van der Waals surface area contributed by atoms with Gasteiger partial charge in [-0.15, -0.1) is 22.7 Å². The monoisotopic (exact) mass is 349 g/mol. The third kappa shape index (κ3) is 2.66. The van der Waals surface area contributed by atoms with Crippen molar-refractivity contribution in [1.29, 1.82) is 0 Å². The molecular weight excluding hydrogens is 338 g/mol. The van der Waals surface area contributed by atoms with Gasteiger partial charge in [-0.2, -0.15) is 0 Å². The van der Waals surface area contributed by atoms with Crippen molar-refractivity contribution in [3.63, 3.8) is 0 Å². The quantitative estimate of drug-likeness (QED) is 0.576. The van der Waals surface area contributed by atoms with E-state index in [0.717, 1.165) is 27.2 Å². The fourth-order valence-electron chi connectivity index (χ4n) is 1.85. The summed E-state index contributed by atoms with van der Waals surface area (Å²) >= 11 is 7.11. The Morgan fingerprint density at radius 1 is 1.16 bits per heavy atom. The summed E-state index contributed by atoms with van der Waals surface area (Å²) < 4.78 is 1.09. The predicted octanol–water partition coefficient (Wildman–Crippen LogP) is 5.86. The van der Waals surface area contributed by atoms with Crippen molar-refractivity contribution in [1.82, 2.24) is 4.98 Å². The van der Waals surface area contributed by atoms with Gasteiger partial charge in [0.2, 0.25) is 0 Å². The van der Waals surface area contributed by atoms with Crippen LogP contribution in [-0.2, 0) is 6.42 Å². The van der Waals surface area contributed by atoms with E-state index in [0.29, 0.717) is 0 Å². The van der Waals surface area contributed by atoms with Crippen LogP contribution in [0.25, 0.3) is 21.1 Å². The van der Waals surface area contributed by atoms with Crippen molar-refractivity contribution in [2.45, 2.75) is 13.3 Å². The lowest BCUT2D eigenvalue weighted by atomic mass is 10.2. The molecular formula is C15H12BrNS2. The summed E-state index contributed by atoms with van der Waals surface area (Å²) in [7, 11) is 0. The number of nitrogens with zero attached hydrogens (tertiary/aromatic N) is 1. The highest BCUT2D eigenvalue weighted by Crippen LogP contribution is 2.35. The number of rotatable bonds is 3.